The van der Waals surface area contributed by atoms with Crippen LogP contribution in [0.4, 0.5) is 0 Å². The first kappa shape index (κ1) is 18.4. The van der Waals surface area contributed by atoms with E-state index in [1.807, 2.05) is 0 Å². The lowest BCUT2D eigenvalue weighted by Gasteiger charge is -2.28. The van der Waals surface area contributed by atoms with E-state index in [0.717, 1.165) is 0 Å². The Morgan fingerprint density at radius 1 is 0.957 bits per heavy atom. The summed E-state index contributed by atoms with van der Waals surface area (Å²) in [6.07, 6.45) is -4.60. The number of rotatable bonds is 0. The summed E-state index contributed by atoms with van der Waals surface area (Å²) >= 11 is 0. The second kappa shape index (κ2) is 6.70. The van der Waals surface area contributed by atoms with Crippen molar-refractivity contribution in [2.75, 3.05) is 13.2 Å². The van der Waals surface area contributed by atoms with Gasteiger partial charge in [-0.1, -0.05) is 0 Å². The molecule has 0 spiro atoms. The molecule has 134 valence electrons. The minimum absolute atomic E-state index is 0.304. The molecule has 3 saturated heterocycles. The SMILES string of the molecule is O=[PH]1OC[C@H]2O[C@@H]3COP(=O)(O)OP(=O)(O)O[C@H]3[C@@H]2O[PH](=O)O1. The normalized spacial score (nSPS) is 54.9. The molecule has 23 heavy (non-hydrogen) atoms. The Morgan fingerprint density at radius 2 is 1.65 bits per heavy atom. The molecule has 4 unspecified atom stereocenters. The molecule has 0 aliphatic carbocycles. The Hall–Kier alpha value is 0.560. The lowest BCUT2D eigenvalue weighted by molar-refractivity contribution is -0.0403. The number of hydrogen-bond donors (Lipinski definition) is 2. The zero-order chi connectivity index (χ0) is 16.8. The monoisotopic (exact) mass is 416 g/mol. The zero-order valence-electron chi connectivity index (χ0n) is 11.0. The van der Waals surface area contributed by atoms with Crippen LogP contribution in [0.3, 0.4) is 0 Å². The summed E-state index contributed by atoms with van der Waals surface area (Å²) in [7, 11) is -16.1. The average molecular weight is 416 g/mol. The van der Waals surface area contributed by atoms with Gasteiger partial charge < -0.3 is 23.6 Å². The maximum Gasteiger partial charge on any atom is 0.481 e. The average Bonchev–Trinajstić information content (AvgIpc) is 2.67. The Labute approximate surface area is 130 Å². The van der Waals surface area contributed by atoms with Crippen LogP contribution in [0.5, 0.6) is 0 Å². The first-order valence-electron chi connectivity index (χ1n) is 6.06. The maximum atomic E-state index is 11.7. The highest BCUT2D eigenvalue weighted by atomic mass is 31.3. The molecule has 0 radical (unpaired) electrons. The summed E-state index contributed by atoms with van der Waals surface area (Å²) in [5.74, 6) is 0. The molecule has 13 nitrogen and oxygen atoms in total. The van der Waals surface area contributed by atoms with Gasteiger partial charge >= 0.3 is 32.2 Å². The third-order valence-corrected chi connectivity index (χ3v) is 7.87. The van der Waals surface area contributed by atoms with Crippen LogP contribution < -0.4 is 0 Å². The van der Waals surface area contributed by atoms with E-state index in [2.05, 4.69) is 13.1 Å². The molecule has 0 amide bonds. The highest BCUT2D eigenvalue weighted by Gasteiger charge is 2.54. The van der Waals surface area contributed by atoms with Crippen molar-refractivity contribution in [1.29, 1.82) is 0 Å². The summed E-state index contributed by atoms with van der Waals surface area (Å²) in [5, 5.41) is 0. The number of hydrogen-bond acceptors (Lipinski definition) is 11. The first-order chi connectivity index (χ1) is 10.7. The second-order valence-corrected chi connectivity index (χ2v) is 9.93. The first-order valence-corrected chi connectivity index (χ1v) is 11.5. The van der Waals surface area contributed by atoms with Crippen molar-refractivity contribution < 1.29 is 59.5 Å². The molecule has 3 rings (SSSR count). The van der Waals surface area contributed by atoms with Gasteiger partial charge in [0.1, 0.15) is 24.4 Å². The van der Waals surface area contributed by atoms with Gasteiger partial charge in [0.15, 0.2) is 0 Å². The molecule has 3 heterocycles. The Kier molecular flexibility index (Phi) is 5.35. The zero-order valence-corrected chi connectivity index (χ0v) is 14.8. The van der Waals surface area contributed by atoms with Crippen LogP contribution in [0.2, 0.25) is 0 Å². The Balaban J connectivity index is 1.86. The Bertz CT molecular complexity index is 620. The van der Waals surface area contributed by atoms with E-state index < -0.39 is 63.2 Å². The molecule has 17 heteroatoms. The summed E-state index contributed by atoms with van der Waals surface area (Å²) in [5.41, 5.74) is 0. The minimum atomic E-state index is -5.00. The van der Waals surface area contributed by atoms with Crippen molar-refractivity contribution >= 4 is 32.2 Å². The minimum Gasteiger partial charge on any atom is -0.364 e. The number of phosphoric ester groups is 2. The van der Waals surface area contributed by atoms with Crippen LogP contribution in [-0.4, -0.2) is 47.4 Å². The quantitative estimate of drug-likeness (QED) is 0.526. The number of fused-ring (bicyclic) bond motifs is 3. The molecule has 0 saturated carbocycles. The summed E-state index contributed by atoms with van der Waals surface area (Å²) < 4.78 is 79.1. The largest absolute Gasteiger partial charge is 0.481 e. The molecule has 0 aromatic carbocycles. The van der Waals surface area contributed by atoms with Crippen LogP contribution >= 0.6 is 32.2 Å². The smallest absolute Gasteiger partial charge is 0.364 e. The maximum absolute atomic E-state index is 11.7. The summed E-state index contributed by atoms with van der Waals surface area (Å²) in [4.78, 5) is 18.7. The van der Waals surface area contributed by atoms with E-state index in [-0.39, 0.29) is 6.61 Å². The van der Waals surface area contributed by atoms with Crippen LogP contribution in [0.15, 0.2) is 0 Å². The van der Waals surface area contributed by atoms with Crippen LogP contribution in [0, 0.1) is 0 Å². The molecular weight excluding hydrogens is 404 g/mol. The van der Waals surface area contributed by atoms with E-state index in [0.29, 0.717) is 0 Å². The van der Waals surface area contributed by atoms with Gasteiger partial charge in [-0.2, -0.15) is 4.31 Å². The summed E-state index contributed by atoms with van der Waals surface area (Å²) in [6.45, 7) is -0.840. The van der Waals surface area contributed by atoms with Gasteiger partial charge in [0.25, 0.3) is 0 Å². The molecular formula is C6H12O13P4. The van der Waals surface area contributed by atoms with Gasteiger partial charge in [0, 0.05) is 0 Å². The Morgan fingerprint density at radius 3 is 2.39 bits per heavy atom. The van der Waals surface area contributed by atoms with Gasteiger partial charge in [-0.3, -0.25) is 18.2 Å². The van der Waals surface area contributed by atoms with Gasteiger partial charge in [-0.05, 0) is 0 Å². The van der Waals surface area contributed by atoms with Crippen molar-refractivity contribution in [3.05, 3.63) is 0 Å². The fourth-order valence-corrected chi connectivity index (χ4v) is 6.28. The fraction of sp³-hybridized carbons (Fsp3) is 1.00. The van der Waals surface area contributed by atoms with E-state index in [1.54, 1.807) is 0 Å². The van der Waals surface area contributed by atoms with Crippen molar-refractivity contribution in [3.63, 3.8) is 0 Å². The van der Waals surface area contributed by atoms with Gasteiger partial charge in [0.2, 0.25) is 0 Å². The fourth-order valence-electron chi connectivity index (χ4n) is 2.22. The lowest BCUT2D eigenvalue weighted by atomic mass is 10.1. The second-order valence-electron chi connectivity index (χ2n) is 4.59. The van der Waals surface area contributed by atoms with Crippen molar-refractivity contribution in [2.24, 2.45) is 0 Å². The molecule has 3 fully saturated rings. The van der Waals surface area contributed by atoms with E-state index in [9.17, 15) is 28.0 Å². The van der Waals surface area contributed by atoms with Gasteiger partial charge in [-0.25, -0.2) is 13.4 Å². The third kappa shape index (κ3) is 4.40. The van der Waals surface area contributed by atoms with E-state index in [1.165, 1.54) is 0 Å². The molecule has 2 N–H and O–H groups in total. The van der Waals surface area contributed by atoms with Crippen molar-refractivity contribution in [2.45, 2.75) is 24.4 Å². The van der Waals surface area contributed by atoms with E-state index >= 15 is 0 Å². The van der Waals surface area contributed by atoms with Crippen molar-refractivity contribution in [1.82, 2.24) is 0 Å². The standard InChI is InChI=1S/C6H12O13P4/c7-20-13-1-3-5(16-21(8)18-20)6-4(15-3)2-14-22(9,10)19-23(11,12)17-6/h3-6,20-21H,1-2H2,(H,9,10)(H,11,12)/t3-,4-,5-,6-/m1/s1. The van der Waals surface area contributed by atoms with Crippen LogP contribution in [0.1, 0.15) is 0 Å². The molecule has 0 aromatic rings. The van der Waals surface area contributed by atoms with Crippen molar-refractivity contribution in [3.8, 4) is 0 Å². The van der Waals surface area contributed by atoms with E-state index in [4.69, 9.17) is 18.3 Å². The molecule has 8 atom stereocenters. The molecule has 3 aliphatic heterocycles. The predicted octanol–water partition coefficient (Wildman–Crippen LogP) is 0.598. The molecule has 0 bridgehead atoms. The van der Waals surface area contributed by atoms with Crippen LogP contribution in [-0.2, 0) is 49.7 Å². The third-order valence-electron chi connectivity index (χ3n) is 3.03. The number of phosphoric acid groups is 2. The molecule has 0 aromatic heterocycles. The number of ether oxygens (including phenoxy) is 1. The highest BCUT2D eigenvalue weighted by Crippen LogP contribution is 2.63. The topological polar surface area (TPSA) is 173 Å². The summed E-state index contributed by atoms with van der Waals surface area (Å²) in [6, 6.07) is 0. The predicted molar refractivity (Wildman–Crippen MR) is 70.1 cm³/mol. The molecule has 3 aliphatic rings. The van der Waals surface area contributed by atoms with Gasteiger partial charge in [0.05, 0.1) is 13.2 Å². The highest BCUT2D eigenvalue weighted by molar-refractivity contribution is 7.61. The van der Waals surface area contributed by atoms with Gasteiger partial charge in [-0.15, -0.1) is 0 Å². The van der Waals surface area contributed by atoms with Crippen LogP contribution in [0.25, 0.3) is 0 Å². The lowest BCUT2D eigenvalue weighted by Crippen LogP contribution is -2.39.